The highest BCUT2D eigenvalue weighted by Gasteiger charge is 2.20. The SMILES string of the molecule is CC(O)CNCC(C)(C)c1cccs1. The van der Waals surface area contributed by atoms with Gasteiger partial charge in [0.1, 0.15) is 0 Å². The van der Waals surface area contributed by atoms with Gasteiger partial charge in [0, 0.05) is 23.4 Å². The molecule has 1 aromatic rings. The Balaban J connectivity index is 2.42. The molecule has 0 bridgehead atoms. The lowest BCUT2D eigenvalue weighted by atomic mass is 9.91. The fourth-order valence-electron chi connectivity index (χ4n) is 1.34. The molecule has 0 saturated carbocycles. The molecular formula is C11H19NOS. The first-order chi connectivity index (χ1) is 6.52. The Labute approximate surface area is 90.0 Å². The first-order valence-electron chi connectivity index (χ1n) is 4.95. The topological polar surface area (TPSA) is 32.3 Å². The largest absolute Gasteiger partial charge is 0.392 e. The van der Waals surface area contributed by atoms with Crippen LogP contribution in [-0.4, -0.2) is 24.3 Å². The minimum atomic E-state index is -0.269. The van der Waals surface area contributed by atoms with Crippen molar-refractivity contribution < 1.29 is 5.11 Å². The molecule has 0 saturated heterocycles. The third-order valence-corrected chi connectivity index (χ3v) is 3.43. The molecule has 1 heterocycles. The summed E-state index contributed by atoms with van der Waals surface area (Å²) >= 11 is 1.79. The monoisotopic (exact) mass is 213 g/mol. The first kappa shape index (κ1) is 11.7. The van der Waals surface area contributed by atoms with Gasteiger partial charge in [-0.1, -0.05) is 19.9 Å². The Kier molecular flexibility index (Phi) is 4.11. The van der Waals surface area contributed by atoms with E-state index in [-0.39, 0.29) is 11.5 Å². The van der Waals surface area contributed by atoms with E-state index >= 15 is 0 Å². The molecule has 1 unspecified atom stereocenters. The molecule has 0 aliphatic heterocycles. The van der Waals surface area contributed by atoms with Crippen molar-refractivity contribution in [2.24, 2.45) is 0 Å². The second kappa shape index (κ2) is 4.91. The Morgan fingerprint density at radius 1 is 1.57 bits per heavy atom. The number of rotatable bonds is 5. The average Bonchev–Trinajstić information content (AvgIpc) is 2.54. The predicted molar refractivity (Wildman–Crippen MR) is 61.9 cm³/mol. The molecule has 1 atom stereocenters. The van der Waals surface area contributed by atoms with Crippen LogP contribution in [0.3, 0.4) is 0 Å². The summed E-state index contributed by atoms with van der Waals surface area (Å²) < 4.78 is 0. The molecule has 0 amide bonds. The Bertz CT molecular complexity index is 254. The molecule has 0 aromatic carbocycles. The molecule has 0 fully saturated rings. The lowest BCUT2D eigenvalue weighted by Gasteiger charge is -2.24. The van der Waals surface area contributed by atoms with Crippen LogP contribution in [-0.2, 0) is 5.41 Å². The molecule has 2 N–H and O–H groups in total. The van der Waals surface area contributed by atoms with Crippen LogP contribution in [0.4, 0.5) is 0 Å². The summed E-state index contributed by atoms with van der Waals surface area (Å²) in [4.78, 5) is 1.38. The summed E-state index contributed by atoms with van der Waals surface area (Å²) in [6.45, 7) is 7.79. The van der Waals surface area contributed by atoms with Gasteiger partial charge in [0.15, 0.2) is 0 Å². The second-order valence-electron chi connectivity index (χ2n) is 4.34. The molecule has 0 radical (unpaired) electrons. The van der Waals surface area contributed by atoms with Crippen molar-refractivity contribution in [1.82, 2.24) is 5.32 Å². The predicted octanol–water partition coefficient (Wildman–Crippen LogP) is 2.00. The molecule has 0 aliphatic rings. The molecule has 1 aromatic heterocycles. The van der Waals surface area contributed by atoms with Gasteiger partial charge in [0.25, 0.3) is 0 Å². The first-order valence-corrected chi connectivity index (χ1v) is 5.83. The number of hydrogen-bond donors (Lipinski definition) is 2. The van der Waals surface area contributed by atoms with Crippen LogP contribution < -0.4 is 5.32 Å². The van der Waals surface area contributed by atoms with Crippen molar-refractivity contribution in [2.45, 2.75) is 32.3 Å². The normalized spacial score (nSPS) is 14.3. The van der Waals surface area contributed by atoms with Gasteiger partial charge in [-0.05, 0) is 18.4 Å². The maximum Gasteiger partial charge on any atom is 0.0636 e. The van der Waals surface area contributed by atoms with E-state index in [0.29, 0.717) is 6.54 Å². The molecule has 80 valence electrons. The zero-order valence-electron chi connectivity index (χ0n) is 9.08. The average molecular weight is 213 g/mol. The fraction of sp³-hybridized carbons (Fsp3) is 0.636. The summed E-state index contributed by atoms with van der Waals surface area (Å²) in [6, 6.07) is 4.24. The van der Waals surface area contributed by atoms with Gasteiger partial charge < -0.3 is 10.4 Å². The van der Waals surface area contributed by atoms with Crippen LogP contribution in [0.1, 0.15) is 25.6 Å². The highest BCUT2D eigenvalue weighted by molar-refractivity contribution is 7.10. The smallest absolute Gasteiger partial charge is 0.0636 e. The number of nitrogens with one attached hydrogen (secondary N) is 1. The van der Waals surface area contributed by atoms with Crippen molar-refractivity contribution in [3.63, 3.8) is 0 Å². The van der Waals surface area contributed by atoms with Gasteiger partial charge in [0.2, 0.25) is 0 Å². The van der Waals surface area contributed by atoms with Crippen molar-refractivity contribution in [2.75, 3.05) is 13.1 Å². The number of aliphatic hydroxyl groups is 1. The van der Waals surface area contributed by atoms with Crippen molar-refractivity contribution in [1.29, 1.82) is 0 Å². The van der Waals surface area contributed by atoms with E-state index < -0.39 is 0 Å². The van der Waals surface area contributed by atoms with Crippen LogP contribution in [0.15, 0.2) is 17.5 Å². The quantitative estimate of drug-likeness (QED) is 0.784. The summed E-state index contributed by atoms with van der Waals surface area (Å²) in [7, 11) is 0. The number of hydrogen-bond acceptors (Lipinski definition) is 3. The lowest BCUT2D eigenvalue weighted by Crippen LogP contribution is -2.35. The number of aliphatic hydroxyl groups excluding tert-OH is 1. The second-order valence-corrected chi connectivity index (χ2v) is 5.29. The van der Waals surface area contributed by atoms with E-state index in [1.807, 2.05) is 0 Å². The minimum absolute atomic E-state index is 0.156. The summed E-state index contributed by atoms with van der Waals surface area (Å²) in [5.41, 5.74) is 0.156. The zero-order chi connectivity index (χ0) is 10.6. The standard InChI is InChI=1S/C11H19NOS/c1-9(13)7-12-8-11(2,3)10-5-4-6-14-10/h4-6,9,12-13H,7-8H2,1-3H3. The van der Waals surface area contributed by atoms with E-state index in [2.05, 4.69) is 36.7 Å². The van der Waals surface area contributed by atoms with Crippen LogP contribution in [0.2, 0.25) is 0 Å². The van der Waals surface area contributed by atoms with Gasteiger partial charge in [-0.15, -0.1) is 11.3 Å². The lowest BCUT2D eigenvalue weighted by molar-refractivity contribution is 0.189. The summed E-state index contributed by atoms with van der Waals surface area (Å²) in [6.07, 6.45) is -0.269. The summed E-state index contributed by atoms with van der Waals surface area (Å²) in [5, 5.41) is 14.5. The van der Waals surface area contributed by atoms with Crippen LogP contribution in [0.25, 0.3) is 0 Å². The van der Waals surface area contributed by atoms with Gasteiger partial charge in [-0.2, -0.15) is 0 Å². The van der Waals surface area contributed by atoms with Crippen molar-refractivity contribution >= 4 is 11.3 Å². The van der Waals surface area contributed by atoms with Crippen molar-refractivity contribution in [3.8, 4) is 0 Å². The molecule has 0 spiro atoms. The highest BCUT2D eigenvalue weighted by atomic mass is 32.1. The summed E-state index contributed by atoms with van der Waals surface area (Å²) in [5.74, 6) is 0. The third-order valence-electron chi connectivity index (χ3n) is 2.19. The maximum atomic E-state index is 9.12. The molecule has 14 heavy (non-hydrogen) atoms. The van der Waals surface area contributed by atoms with Crippen LogP contribution in [0.5, 0.6) is 0 Å². The molecule has 1 rings (SSSR count). The maximum absolute atomic E-state index is 9.12. The molecule has 2 nitrogen and oxygen atoms in total. The molecule has 0 aliphatic carbocycles. The minimum Gasteiger partial charge on any atom is -0.392 e. The Morgan fingerprint density at radius 3 is 2.79 bits per heavy atom. The third kappa shape index (κ3) is 3.40. The highest BCUT2D eigenvalue weighted by Crippen LogP contribution is 2.26. The van der Waals surface area contributed by atoms with E-state index in [4.69, 9.17) is 5.11 Å². The molecular weight excluding hydrogens is 194 g/mol. The van der Waals surface area contributed by atoms with E-state index in [1.54, 1.807) is 18.3 Å². The Morgan fingerprint density at radius 2 is 2.29 bits per heavy atom. The van der Waals surface area contributed by atoms with E-state index in [9.17, 15) is 0 Å². The number of thiophene rings is 1. The zero-order valence-corrected chi connectivity index (χ0v) is 9.90. The van der Waals surface area contributed by atoms with Gasteiger partial charge >= 0.3 is 0 Å². The van der Waals surface area contributed by atoms with Gasteiger partial charge in [0.05, 0.1) is 6.10 Å². The van der Waals surface area contributed by atoms with Gasteiger partial charge in [-0.25, -0.2) is 0 Å². The van der Waals surface area contributed by atoms with E-state index in [1.165, 1.54) is 4.88 Å². The Hall–Kier alpha value is -0.380. The van der Waals surface area contributed by atoms with E-state index in [0.717, 1.165) is 6.54 Å². The van der Waals surface area contributed by atoms with Crippen LogP contribution >= 0.6 is 11.3 Å². The van der Waals surface area contributed by atoms with Crippen molar-refractivity contribution in [3.05, 3.63) is 22.4 Å². The van der Waals surface area contributed by atoms with Gasteiger partial charge in [-0.3, -0.25) is 0 Å². The fourth-order valence-corrected chi connectivity index (χ4v) is 2.20. The molecule has 3 heteroatoms. The van der Waals surface area contributed by atoms with Crippen LogP contribution in [0, 0.1) is 0 Å².